The molecule has 0 unspecified atom stereocenters. The number of rotatable bonds is 6. The van der Waals surface area contributed by atoms with Crippen molar-refractivity contribution in [2.75, 3.05) is 19.8 Å². The highest BCUT2D eigenvalue weighted by Gasteiger charge is 2.21. The van der Waals surface area contributed by atoms with Gasteiger partial charge >= 0.3 is 0 Å². The fourth-order valence-electron chi connectivity index (χ4n) is 1.34. The molecule has 0 aromatic heterocycles. The maximum Gasteiger partial charge on any atom is 0.127 e. The van der Waals surface area contributed by atoms with Crippen LogP contribution in [0.3, 0.4) is 0 Å². The van der Waals surface area contributed by atoms with Gasteiger partial charge in [-0.15, -0.1) is 0 Å². The number of aliphatic hydroxyl groups excluding tert-OH is 2. The van der Waals surface area contributed by atoms with E-state index in [4.69, 9.17) is 10.2 Å². The van der Waals surface area contributed by atoms with Crippen LogP contribution in [0.1, 0.15) is 12.5 Å². The first kappa shape index (κ1) is 14.0. The highest BCUT2D eigenvalue weighted by atomic mass is 19.1. The monoisotopic (exact) mass is 245 g/mol. The Labute approximate surface area is 99.1 Å². The molecule has 0 amide bonds. The Morgan fingerprint density at radius 3 is 2.47 bits per heavy atom. The summed E-state index contributed by atoms with van der Waals surface area (Å²) in [6, 6.07) is 3.26. The first-order valence-corrected chi connectivity index (χ1v) is 5.37. The normalized spacial score (nSPS) is 11.8. The zero-order valence-corrected chi connectivity index (χ0v) is 9.71. The number of nitrogens with one attached hydrogen (secondary N) is 1. The molecule has 1 aromatic carbocycles. The molecule has 0 fully saturated rings. The van der Waals surface area contributed by atoms with Crippen molar-refractivity contribution in [1.82, 2.24) is 5.32 Å². The van der Waals surface area contributed by atoms with Crippen LogP contribution in [-0.4, -0.2) is 30.0 Å². The Balaban J connectivity index is 2.53. The largest absolute Gasteiger partial charge is 0.396 e. The van der Waals surface area contributed by atoms with Crippen molar-refractivity contribution < 1.29 is 19.0 Å². The Morgan fingerprint density at radius 1 is 1.24 bits per heavy atom. The quantitative estimate of drug-likeness (QED) is 0.702. The third-order valence-electron chi connectivity index (χ3n) is 2.64. The molecule has 0 bridgehead atoms. The molecule has 0 atom stereocenters. The van der Waals surface area contributed by atoms with E-state index >= 15 is 0 Å². The second-order valence-electron chi connectivity index (χ2n) is 4.47. The molecule has 0 saturated heterocycles. The van der Waals surface area contributed by atoms with Gasteiger partial charge in [0.2, 0.25) is 0 Å². The van der Waals surface area contributed by atoms with E-state index in [1.54, 1.807) is 6.92 Å². The predicted octanol–water partition coefficient (Wildman–Crippen LogP) is 1.05. The minimum Gasteiger partial charge on any atom is -0.396 e. The van der Waals surface area contributed by atoms with Gasteiger partial charge in [-0.2, -0.15) is 0 Å². The Bertz CT molecular complexity index is 368. The standard InChI is InChI=1S/C12H17F2NO2/c1-12(7-16,8-17)6-15-5-9-4-10(13)2-3-11(9)14/h2-4,15-17H,5-8H2,1H3. The van der Waals surface area contributed by atoms with Gasteiger partial charge in [-0.25, -0.2) is 8.78 Å². The van der Waals surface area contributed by atoms with Crippen LogP contribution < -0.4 is 5.32 Å². The Kier molecular flexibility index (Phi) is 4.99. The average Bonchev–Trinajstić information content (AvgIpc) is 2.33. The highest BCUT2D eigenvalue weighted by molar-refractivity contribution is 5.18. The summed E-state index contributed by atoms with van der Waals surface area (Å²) in [6.07, 6.45) is 0. The lowest BCUT2D eigenvalue weighted by Crippen LogP contribution is -2.37. The molecule has 5 heteroatoms. The van der Waals surface area contributed by atoms with E-state index in [0.717, 1.165) is 18.2 Å². The number of hydrogen-bond donors (Lipinski definition) is 3. The molecule has 0 spiro atoms. The minimum absolute atomic E-state index is 0.152. The third-order valence-corrected chi connectivity index (χ3v) is 2.64. The van der Waals surface area contributed by atoms with Gasteiger partial charge in [0, 0.05) is 24.1 Å². The van der Waals surface area contributed by atoms with Crippen molar-refractivity contribution in [3.63, 3.8) is 0 Å². The number of benzene rings is 1. The molecule has 96 valence electrons. The predicted molar refractivity (Wildman–Crippen MR) is 60.3 cm³/mol. The summed E-state index contributed by atoms with van der Waals surface area (Å²) >= 11 is 0. The molecule has 3 N–H and O–H groups in total. The van der Waals surface area contributed by atoms with E-state index in [-0.39, 0.29) is 25.3 Å². The fourth-order valence-corrected chi connectivity index (χ4v) is 1.34. The maximum atomic E-state index is 13.2. The van der Waals surface area contributed by atoms with E-state index in [1.807, 2.05) is 0 Å². The zero-order chi connectivity index (χ0) is 12.9. The number of hydrogen-bond acceptors (Lipinski definition) is 3. The summed E-state index contributed by atoms with van der Waals surface area (Å²) in [5, 5.41) is 21.0. The van der Waals surface area contributed by atoms with Gasteiger partial charge in [-0.05, 0) is 18.2 Å². The first-order chi connectivity index (χ1) is 8.00. The lowest BCUT2D eigenvalue weighted by molar-refractivity contribution is 0.0694. The first-order valence-electron chi connectivity index (χ1n) is 5.37. The Hall–Kier alpha value is -1.04. The van der Waals surface area contributed by atoms with Crippen LogP contribution >= 0.6 is 0 Å². The van der Waals surface area contributed by atoms with E-state index in [9.17, 15) is 8.78 Å². The van der Waals surface area contributed by atoms with E-state index in [0.29, 0.717) is 6.54 Å². The lowest BCUT2D eigenvalue weighted by atomic mass is 9.93. The van der Waals surface area contributed by atoms with Crippen molar-refractivity contribution in [1.29, 1.82) is 0 Å². The maximum absolute atomic E-state index is 13.2. The average molecular weight is 245 g/mol. The molecule has 1 aromatic rings. The van der Waals surface area contributed by atoms with Crippen LogP contribution in [0, 0.1) is 17.0 Å². The molecule has 0 aliphatic heterocycles. The molecular formula is C12H17F2NO2. The Morgan fingerprint density at radius 2 is 1.88 bits per heavy atom. The second-order valence-corrected chi connectivity index (χ2v) is 4.47. The molecular weight excluding hydrogens is 228 g/mol. The molecule has 0 aliphatic rings. The minimum atomic E-state index is -0.663. The van der Waals surface area contributed by atoms with E-state index < -0.39 is 17.0 Å². The molecule has 0 saturated carbocycles. The fraction of sp³-hybridized carbons (Fsp3) is 0.500. The molecule has 17 heavy (non-hydrogen) atoms. The second kappa shape index (κ2) is 6.05. The summed E-state index contributed by atoms with van der Waals surface area (Å²) in [5.41, 5.74) is -0.438. The highest BCUT2D eigenvalue weighted by Crippen LogP contribution is 2.13. The summed E-state index contributed by atoms with van der Waals surface area (Å²) in [4.78, 5) is 0. The van der Waals surface area contributed by atoms with Crippen molar-refractivity contribution in [2.45, 2.75) is 13.5 Å². The van der Waals surface area contributed by atoms with Crippen LogP contribution in [0.2, 0.25) is 0 Å². The van der Waals surface area contributed by atoms with E-state index in [1.165, 1.54) is 0 Å². The van der Waals surface area contributed by atoms with Crippen molar-refractivity contribution in [2.24, 2.45) is 5.41 Å². The van der Waals surface area contributed by atoms with Gasteiger partial charge in [0.25, 0.3) is 0 Å². The summed E-state index contributed by atoms with van der Waals surface area (Å²) in [5.74, 6) is -0.969. The number of halogens is 2. The van der Waals surface area contributed by atoms with Crippen LogP contribution in [0.15, 0.2) is 18.2 Å². The zero-order valence-electron chi connectivity index (χ0n) is 9.71. The molecule has 0 radical (unpaired) electrons. The van der Waals surface area contributed by atoms with Crippen LogP contribution in [-0.2, 0) is 6.54 Å². The summed E-state index contributed by atoms with van der Waals surface area (Å²) in [6.45, 7) is 1.81. The molecule has 0 aliphatic carbocycles. The summed E-state index contributed by atoms with van der Waals surface area (Å²) < 4.78 is 26.1. The molecule has 3 nitrogen and oxygen atoms in total. The molecule has 1 rings (SSSR count). The smallest absolute Gasteiger partial charge is 0.127 e. The van der Waals surface area contributed by atoms with E-state index in [2.05, 4.69) is 5.32 Å². The van der Waals surface area contributed by atoms with Crippen LogP contribution in [0.4, 0.5) is 8.78 Å². The van der Waals surface area contributed by atoms with Gasteiger partial charge in [-0.3, -0.25) is 0 Å². The topological polar surface area (TPSA) is 52.5 Å². The molecule has 0 heterocycles. The van der Waals surface area contributed by atoms with Crippen molar-refractivity contribution in [3.05, 3.63) is 35.4 Å². The SMILES string of the molecule is CC(CO)(CO)CNCc1cc(F)ccc1F. The third kappa shape index (κ3) is 4.03. The lowest BCUT2D eigenvalue weighted by Gasteiger charge is -2.24. The van der Waals surface area contributed by atoms with Gasteiger partial charge in [0.15, 0.2) is 0 Å². The van der Waals surface area contributed by atoms with Gasteiger partial charge in [-0.1, -0.05) is 6.92 Å². The van der Waals surface area contributed by atoms with Gasteiger partial charge in [0.05, 0.1) is 13.2 Å². The number of aliphatic hydroxyl groups is 2. The van der Waals surface area contributed by atoms with Gasteiger partial charge < -0.3 is 15.5 Å². The van der Waals surface area contributed by atoms with Gasteiger partial charge in [0.1, 0.15) is 11.6 Å². The van der Waals surface area contributed by atoms with Crippen molar-refractivity contribution in [3.8, 4) is 0 Å². The van der Waals surface area contributed by atoms with Crippen LogP contribution in [0.25, 0.3) is 0 Å². The van der Waals surface area contributed by atoms with Crippen LogP contribution in [0.5, 0.6) is 0 Å². The summed E-state index contributed by atoms with van der Waals surface area (Å²) in [7, 11) is 0. The van der Waals surface area contributed by atoms with Crippen molar-refractivity contribution >= 4 is 0 Å².